The van der Waals surface area contributed by atoms with Crippen LogP contribution in [0.1, 0.15) is 12.0 Å². The minimum Gasteiger partial charge on any atom is -0.496 e. The zero-order valence-electron chi connectivity index (χ0n) is 14.9. The van der Waals surface area contributed by atoms with Gasteiger partial charge in [0.25, 0.3) is 0 Å². The predicted octanol–water partition coefficient (Wildman–Crippen LogP) is 3.33. The summed E-state index contributed by atoms with van der Waals surface area (Å²) in [5.41, 5.74) is 0.762. The molecule has 27 heavy (non-hydrogen) atoms. The molecule has 0 saturated heterocycles. The molecule has 9 heteroatoms. The van der Waals surface area contributed by atoms with Crippen molar-refractivity contribution in [3.05, 3.63) is 58.1 Å². The normalized spacial score (nSPS) is 11.3. The van der Waals surface area contributed by atoms with Crippen LogP contribution >= 0.6 is 23.2 Å². The average Bonchev–Trinajstić information content (AvgIpc) is 2.61. The van der Waals surface area contributed by atoms with Crippen molar-refractivity contribution in [1.29, 1.82) is 0 Å². The van der Waals surface area contributed by atoms with E-state index in [1.165, 1.54) is 24.1 Å². The lowest BCUT2D eigenvalue weighted by Crippen LogP contribution is -2.32. The molecule has 0 atom stereocenters. The van der Waals surface area contributed by atoms with Crippen molar-refractivity contribution < 1.29 is 17.9 Å². The van der Waals surface area contributed by atoms with Crippen molar-refractivity contribution in [2.24, 2.45) is 0 Å². The van der Waals surface area contributed by atoms with Crippen LogP contribution < -0.4 is 9.46 Å². The summed E-state index contributed by atoms with van der Waals surface area (Å²) in [6, 6.07) is 11.3. The van der Waals surface area contributed by atoms with E-state index in [1.54, 1.807) is 37.4 Å². The predicted molar refractivity (Wildman–Crippen MR) is 106 cm³/mol. The number of halogens is 2. The molecule has 0 aliphatic carbocycles. The molecule has 0 unspecified atom stereocenters. The van der Waals surface area contributed by atoms with Crippen molar-refractivity contribution in [2.45, 2.75) is 17.9 Å². The second-order valence-corrected chi connectivity index (χ2v) is 8.36. The van der Waals surface area contributed by atoms with Gasteiger partial charge in [-0.25, -0.2) is 13.1 Å². The summed E-state index contributed by atoms with van der Waals surface area (Å²) < 4.78 is 32.2. The third kappa shape index (κ3) is 5.84. The van der Waals surface area contributed by atoms with Gasteiger partial charge in [-0.15, -0.1) is 0 Å². The molecule has 0 aliphatic rings. The van der Waals surface area contributed by atoms with Crippen LogP contribution in [0, 0.1) is 0 Å². The summed E-state index contributed by atoms with van der Waals surface area (Å²) in [6.45, 7) is 0.253. The molecule has 0 aliphatic heterocycles. The lowest BCUT2D eigenvalue weighted by Gasteiger charge is -2.19. The van der Waals surface area contributed by atoms with Gasteiger partial charge in [0.1, 0.15) is 10.6 Å². The van der Waals surface area contributed by atoms with E-state index in [1.807, 2.05) is 0 Å². The number of nitrogens with one attached hydrogen (secondary N) is 1. The maximum atomic E-state index is 12.3. The molecular formula is C18H20Cl2N2O4S. The zero-order chi connectivity index (χ0) is 20.0. The number of sulfonamides is 1. The number of hydrogen-bond acceptors (Lipinski definition) is 4. The Morgan fingerprint density at radius 3 is 2.56 bits per heavy atom. The van der Waals surface area contributed by atoms with Crippen molar-refractivity contribution in [3.63, 3.8) is 0 Å². The molecular weight excluding hydrogens is 411 g/mol. The first-order valence-corrected chi connectivity index (χ1v) is 10.3. The highest BCUT2D eigenvalue weighted by Crippen LogP contribution is 2.24. The molecule has 2 aromatic carbocycles. The van der Waals surface area contributed by atoms with E-state index < -0.39 is 10.0 Å². The standard InChI is InChI=1S/C18H20Cl2N2O4S/c1-22(12-13-11-14(19)7-8-16(13)26-2)18(23)9-10-21-27(24,25)17-6-4-3-5-15(17)20/h3-8,11,21H,9-10,12H2,1-2H3. The number of methoxy groups -OCH3 is 1. The number of carbonyl (C=O) groups is 1. The highest BCUT2D eigenvalue weighted by atomic mass is 35.5. The molecule has 0 aromatic heterocycles. The zero-order valence-corrected chi connectivity index (χ0v) is 17.2. The molecule has 0 heterocycles. The quantitative estimate of drug-likeness (QED) is 0.696. The minimum atomic E-state index is -3.78. The number of carbonyl (C=O) groups excluding carboxylic acids is 1. The number of benzene rings is 2. The monoisotopic (exact) mass is 430 g/mol. The van der Waals surface area contributed by atoms with Gasteiger partial charge in [-0.2, -0.15) is 0 Å². The topological polar surface area (TPSA) is 75.7 Å². The van der Waals surface area contributed by atoms with Crippen molar-refractivity contribution in [2.75, 3.05) is 20.7 Å². The van der Waals surface area contributed by atoms with E-state index >= 15 is 0 Å². The summed E-state index contributed by atoms with van der Waals surface area (Å²) >= 11 is 11.9. The molecule has 146 valence electrons. The first-order chi connectivity index (χ1) is 12.7. The Balaban J connectivity index is 1.94. The number of ether oxygens (including phenoxy) is 1. The molecule has 6 nitrogen and oxygen atoms in total. The maximum absolute atomic E-state index is 12.3. The fourth-order valence-corrected chi connectivity index (χ4v) is 4.18. The van der Waals surface area contributed by atoms with Crippen LogP contribution in [-0.4, -0.2) is 39.9 Å². The van der Waals surface area contributed by atoms with Gasteiger partial charge in [0.15, 0.2) is 0 Å². The molecule has 0 radical (unpaired) electrons. The highest BCUT2D eigenvalue weighted by molar-refractivity contribution is 7.89. The third-order valence-electron chi connectivity index (χ3n) is 3.83. The lowest BCUT2D eigenvalue weighted by molar-refractivity contribution is -0.130. The van der Waals surface area contributed by atoms with Crippen LogP contribution in [0.25, 0.3) is 0 Å². The van der Waals surface area contributed by atoms with Gasteiger partial charge >= 0.3 is 0 Å². The Morgan fingerprint density at radius 1 is 1.19 bits per heavy atom. The average molecular weight is 431 g/mol. The van der Waals surface area contributed by atoms with Gasteiger partial charge in [-0.05, 0) is 30.3 Å². The van der Waals surface area contributed by atoms with Crippen LogP contribution in [0.15, 0.2) is 47.4 Å². The van der Waals surface area contributed by atoms with Crippen molar-refractivity contribution in [3.8, 4) is 5.75 Å². The van der Waals surface area contributed by atoms with Gasteiger partial charge in [-0.3, -0.25) is 4.79 Å². The third-order valence-corrected chi connectivity index (χ3v) is 6.03. The van der Waals surface area contributed by atoms with Gasteiger partial charge in [0, 0.05) is 37.1 Å². The fraction of sp³-hybridized carbons (Fsp3) is 0.278. The van der Waals surface area contributed by atoms with Crippen LogP contribution in [0.5, 0.6) is 5.75 Å². The van der Waals surface area contributed by atoms with E-state index in [4.69, 9.17) is 27.9 Å². The molecule has 2 aromatic rings. The Labute approximate surface area is 169 Å². The molecule has 0 bridgehead atoms. The smallest absolute Gasteiger partial charge is 0.242 e. The number of rotatable bonds is 8. The van der Waals surface area contributed by atoms with E-state index in [-0.39, 0.29) is 28.8 Å². The van der Waals surface area contributed by atoms with Crippen molar-refractivity contribution in [1.82, 2.24) is 9.62 Å². The summed E-state index contributed by atoms with van der Waals surface area (Å²) in [7, 11) is -0.608. The van der Waals surface area contributed by atoms with Gasteiger partial charge in [0.05, 0.1) is 12.1 Å². The Hall–Kier alpha value is -1.80. The largest absolute Gasteiger partial charge is 0.496 e. The fourth-order valence-electron chi connectivity index (χ4n) is 2.44. The van der Waals surface area contributed by atoms with Crippen LogP contribution in [0.4, 0.5) is 0 Å². The number of nitrogens with zero attached hydrogens (tertiary/aromatic N) is 1. The van der Waals surface area contributed by atoms with E-state index in [2.05, 4.69) is 4.72 Å². The Morgan fingerprint density at radius 2 is 1.89 bits per heavy atom. The SMILES string of the molecule is COc1ccc(Cl)cc1CN(C)C(=O)CCNS(=O)(=O)c1ccccc1Cl. The maximum Gasteiger partial charge on any atom is 0.242 e. The lowest BCUT2D eigenvalue weighted by atomic mass is 10.2. The first-order valence-electron chi connectivity index (χ1n) is 8.05. The molecule has 1 N–H and O–H groups in total. The summed E-state index contributed by atoms with van der Waals surface area (Å²) in [6.07, 6.45) is 0.00304. The van der Waals surface area contributed by atoms with Crippen LogP contribution in [-0.2, 0) is 21.4 Å². The first kappa shape index (κ1) is 21.5. The number of hydrogen-bond donors (Lipinski definition) is 1. The van der Waals surface area contributed by atoms with Crippen molar-refractivity contribution >= 4 is 39.1 Å². The Bertz CT molecular complexity index is 919. The second-order valence-electron chi connectivity index (χ2n) is 5.78. The second kappa shape index (κ2) is 9.41. The summed E-state index contributed by atoms with van der Waals surface area (Å²) in [4.78, 5) is 13.8. The number of amides is 1. The van der Waals surface area contributed by atoms with Crippen LogP contribution in [0.3, 0.4) is 0 Å². The molecule has 2 rings (SSSR count). The summed E-state index contributed by atoms with van der Waals surface area (Å²) in [5, 5.41) is 0.667. The molecule has 0 saturated carbocycles. The van der Waals surface area contributed by atoms with Gasteiger partial charge in [0.2, 0.25) is 15.9 Å². The van der Waals surface area contributed by atoms with E-state index in [0.717, 1.165) is 5.56 Å². The van der Waals surface area contributed by atoms with Crippen LogP contribution in [0.2, 0.25) is 10.0 Å². The van der Waals surface area contributed by atoms with Gasteiger partial charge in [-0.1, -0.05) is 35.3 Å². The molecule has 1 amide bonds. The van der Waals surface area contributed by atoms with E-state index in [0.29, 0.717) is 17.3 Å². The van der Waals surface area contributed by atoms with E-state index in [9.17, 15) is 13.2 Å². The minimum absolute atomic E-state index is 0.00304. The summed E-state index contributed by atoms with van der Waals surface area (Å²) in [5.74, 6) is 0.400. The Kier molecular flexibility index (Phi) is 7.49. The highest BCUT2D eigenvalue weighted by Gasteiger charge is 2.18. The van der Waals surface area contributed by atoms with Gasteiger partial charge < -0.3 is 9.64 Å². The molecule has 0 spiro atoms. The molecule has 0 fully saturated rings.